The summed E-state index contributed by atoms with van der Waals surface area (Å²) in [5.74, 6) is 0.171. The van der Waals surface area contributed by atoms with E-state index in [1.807, 2.05) is 13.8 Å². The largest absolute Gasteiger partial charge is 0.376 e. The number of nitrogens with one attached hydrogen (secondary N) is 1. The number of piperidine rings is 1. The second kappa shape index (κ2) is 9.12. The molecule has 14 heteroatoms. The maximum Gasteiger partial charge on any atom is 0.291 e. The molecule has 3 N–H and O–H groups in total. The van der Waals surface area contributed by atoms with Crippen LogP contribution < -0.4 is 15.4 Å². The third-order valence-corrected chi connectivity index (χ3v) is 11.7. The summed E-state index contributed by atoms with van der Waals surface area (Å²) in [5, 5.41) is 7.74. The van der Waals surface area contributed by atoms with Crippen LogP contribution in [0, 0.1) is 5.41 Å². The van der Waals surface area contributed by atoms with Gasteiger partial charge in [-0.1, -0.05) is 11.3 Å². The Morgan fingerprint density at radius 2 is 1.93 bits per heavy atom. The van der Waals surface area contributed by atoms with E-state index in [0.717, 1.165) is 55.6 Å². The number of fused-ring (bicyclic) bond motifs is 1. The van der Waals surface area contributed by atoms with Crippen LogP contribution in [0.1, 0.15) is 75.4 Å². The average Bonchev–Trinajstić information content (AvgIpc) is 3.77. The van der Waals surface area contributed by atoms with Crippen LogP contribution in [-0.4, -0.2) is 65.4 Å². The van der Waals surface area contributed by atoms with E-state index in [1.165, 1.54) is 0 Å². The number of sulfonamides is 1. The molecule has 0 aromatic carbocycles. The molecule has 0 bridgehead atoms. The Kier molecular flexibility index (Phi) is 6.07. The van der Waals surface area contributed by atoms with Gasteiger partial charge in [0.05, 0.1) is 24.1 Å². The summed E-state index contributed by atoms with van der Waals surface area (Å²) in [4.78, 5) is 7.30. The standard InChI is InChI=1S/C26H33F2N7O3S2/c1-14-20(29)26(13-38-14)7-9-34(10-8-26)17-11-16(40(36,37)33-25(2)5-6-25)12-35-19(18(15-3-4-15)30-22(17)35)23-31-32-24(39-23)21(27)28/h11-12,14-15,20-21,33H,3-10,13,29H2,1-2H3/t14-,20-/m0/s1. The normalized spacial score (nSPS) is 25.9. The van der Waals surface area contributed by atoms with Crippen LogP contribution in [0.25, 0.3) is 16.3 Å². The fourth-order valence-electron chi connectivity index (χ4n) is 6.11. The summed E-state index contributed by atoms with van der Waals surface area (Å²) in [6, 6.07) is 1.65. The summed E-state index contributed by atoms with van der Waals surface area (Å²) in [7, 11) is -3.87. The van der Waals surface area contributed by atoms with Crippen LogP contribution in [0.4, 0.5) is 14.5 Å². The molecule has 10 nitrogen and oxygen atoms in total. The third-order valence-electron chi connectivity index (χ3n) is 9.13. The van der Waals surface area contributed by atoms with Crippen molar-refractivity contribution < 1.29 is 21.9 Å². The van der Waals surface area contributed by atoms with Crippen LogP contribution in [0.15, 0.2) is 17.2 Å². The Bertz CT molecular complexity index is 1570. The van der Waals surface area contributed by atoms with E-state index in [2.05, 4.69) is 19.8 Å². The van der Waals surface area contributed by atoms with E-state index in [0.29, 0.717) is 41.7 Å². The van der Waals surface area contributed by atoms with Crippen LogP contribution >= 0.6 is 11.3 Å². The molecule has 40 heavy (non-hydrogen) atoms. The third kappa shape index (κ3) is 4.42. The second-order valence-corrected chi connectivity index (χ2v) is 14.9. The predicted molar refractivity (Wildman–Crippen MR) is 146 cm³/mol. The number of halogens is 2. The number of nitrogens with two attached hydrogens (primary N) is 1. The molecule has 7 rings (SSSR count). The summed E-state index contributed by atoms with van der Waals surface area (Å²) < 4.78 is 64.6. The summed E-state index contributed by atoms with van der Waals surface area (Å²) in [5.41, 5.74) is 8.59. The minimum atomic E-state index is -3.87. The first-order chi connectivity index (χ1) is 19.0. The SMILES string of the molecule is C[C@@H]1OCC2(CCN(c3cc(S(=O)(=O)NC4(C)CC4)cn4c(-c5nnc(C(F)F)s5)c(C5CC5)nc34)CC2)[C@H]1N. The van der Waals surface area contributed by atoms with Crippen molar-refractivity contribution in [1.82, 2.24) is 24.3 Å². The number of aromatic nitrogens is 4. The van der Waals surface area contributed by atoms with E-state index < -0.39 is 22.0 Å². The van der Waals surface area contributed by atoms with E-state index in [4.69, 9.17) is 15.5 Å². The summed E-state index contributed by atoms with van der Waals surface area (Å²) in [6.45, 7) is 5.86. The first-order valence-corrected chi connectivity index (χ1v) is 16.1. The molecule has 2 aliphatic heterocycles. The van der Waals surface area contributed by atoms with Gasteiger partial charge in [-0.3, -0.25) is 4.40 Å². The van der Waals surface area contributed by atoms with Crippen molar-refractivity contribution in [3.8, 4) is 10.7 Å². The molecular formula is C26H33F2N7O3S2. The molecular weight excluding hydrogens is 560 g/mol. The number of hydrogen-bond donors (Lipinski definition) is 2. The highest BCUT2D eigenvalue weighted by molar-refractivity contribution is 7.89. The van der Waals surface area contributed by atoms with Gasteiger partial charge in [0.1, 0.15) is 10.6 Å². The molecule has 2 aliphatic carbocycles. The van der Waals surface area contributed by atoms with E-state index >= 15 is 0 Å². The lowest BCUT2D eigenvalue weighted by Gasteiger charge is -2.42. The molecule has 0 unspecified atom stereocenters. The lowest BCUT2D eigenvalue weighted by Crippen LogP contribution is -2.50. The number of imidazole rings is 1. The highest BCUT2D eigenvalue weighted by Crippen LogP contribution is 2.48. The van der Waals surface area contributed by atoms with Gasteiger partial charge in [-0.05, 0) is 58.4 Å². The topological polar surface area (TPSA) is 128 Å². The van der Waals surface area contributed by atoms with Gasteiger partial charge in [-0.25, -0.2) is 26.9 Å². The molecule has 5 heterocycles. The van der Waals surface area contributed by atoms with Crippen molar-refractivity contribution in [2.45, 2.75) is 87.3 Å². The van der Waals surface area contributed by atoms with E-state index in [9.17, 15) is 17.2 Å². The first kappa shape index (κ1) is 26.6. The van der Waals surface area contributed by atoms with Crippen molar-refractivity contribution >= 4 is 32.7 Å². The first-order valence-electron chi connectivity index (χ1n) is 13.8. The van der Waals surface area contributed by atoms with Crippen molar-refractivity contribution in [3.63, 3.8) is 0 Å². The quantitative estimate of drug-likeness (QED) is 0.423. The fourth-order valence-corrected chi connectivity index (χ4v) is 8.34. The molecule has 2 saturated heterocycles. The van der Waals surface area contributed by atoms with Gasteiger partial charge in [-0.2, -0.15) is 0 Å². The zero-order valence-electron chi connectivity index (χ0n) is 22.4. The van der Waals surface area contributed by atoms with Gasteiger partial charge in [-0.15, -0.1) is 10.2 Å². The van der Waals surface area contributed by atoms with Gasteiger partial charge in [0.25, 0.3) is 6.43 Å². The Morgan fingerprint density at radius 3 is 2.50 bits per heavy atom. The lowest BCUT2D eigenvalue weighted by atomic mass is 9.73. The lowest BCUT2D eigenvalue weighted by molar-refractivity contribution is 0.0974. The van der Waals surface area contributed by atoms with Gasteiger partial charge in [0.15, 0.2) is 15.7 Å². The average molecular weight is 594 g/mol. The number of hydrogen-bond acceptors (Lipinski definition) is 9. The van der Waals surface area contributed by atoms with Crippen LogP contribution in [-0.2, 0) is 14.8 Å². The van der Waals surface area contributed by atoms with Crippen molar-refractivity contribution in [2.75, 3.05) is 24.6 Å². The number of alkyl halides is 2. The molecule has 2 saturated carbocycles. The summed E-state index contributed by atoms with van der Waals surface area (Å²) >= 11 is 0.821. The minimum absolute atomic E-state index is 0.00239. The summed E-state index contributed by atoms with van der Waals surface area (Å²) in [6.07, 6.45) is 3.86. The Hall–Kier alpha value is -2.26. The van der Waals surface area contributed by atoms with Gasteiger partial charge < -0.3 is 15.4 Å². The van der Waals surface area contributed by atoms with Crippen molar-refractivity contribution in [1.29, 1.82) is 0 Å². The van der Waals surface area contributed by atoms with Crippen molar-refractivity contribution in [3.05, 3.63) is 23.0 Å². The highest BCUT2D eigenvalue weighted by Gasteiger charge is 2.48. The molecule has 0 amide bonds. The fraction of sp³-hybridized carbons (Fsp3) is 0.654. The van der Waals surface area contributed by atoms with Crippen molar-refractivity contribution in [2.24, 2.45) is 11.1 Å². The van der Waals surface area contributed by atoms with Gasteiger partial charge >= 0.3 is 0 Å². The maximum absolute atomic E-state index is 13.6. The number of pyridine rings is 1. The zero-order valence-corrected chi connectivity index (χ0v) is 24.1. The van der Waals surface area contributed by atoms with Crippen LogP contribution in [0.5, 0.6) is 0 Å². The molecule has 4 fully saturated rings. The second-order valence-electron chi connectivity index (χ2n) is 12.2. The number of nitrogens with zero attached hydrogens (tertiary/aromatic N) is 5. The monoisotopic (exact) mass is 593 g/mol. The van der Waals surface area contributed by atoms with Gasteiger partial charge in [0.2, 0.25) is 10.0 Å². The molecule has 3 aromatic heterocycles. The Balaban J connectivity index is 1.36. The molecule has 4 aliphatic rings. The van der Waals surface area contributed by atoms with E-state index in [1.54, 1.807) is 16.7 Å². The highest BCUT2D eigenvalue weighted by atomic mass is 32.2. The Morgan fingerprint density at radius 1 is 1.20 bits per heavy atom. The molecule has 0 radical (unpaired) electrons. The molecule has 2 atom stereocenters. The predicted octanol–water partition coefficient (Wildman–Crippen LogP) is 3.83. The zero-order chi connectivity index (χ0) is 28.0. The van der Waals surface area contributed by atoms with E-state index in [-0.39, 0.29) is 33.4 Å². The molecule has 3 aromatic rings. The molecule has 216 valence electrons. The maximum atomic E-state index is 13.6. The number of anilines is 1. The smallest absolute Gasteiger partial charge is 0.291 e. The molecule has 1 spiro atoms. The van der Waals surface area contributed by atoms with Crippen LogP contribution in [0.3, 0.4) is 0 Å². The number of ether oxygens (including phenoxy) is 1. The van der Waals surface area contributed by atoms with Gasteiger partial charge in [0, 0.05) is 42.2 Å². The minimum Gasteiger partial charge on any atom is -0.376 e. The van der Waals surface area contributed by atoms with Crippen LogP contribution in [0.2, 0.25) is 0 Å². The Labute approximate surface area is 235 Å². The number of rotatable bonds is 7.